The topological polar surface area (TPSA) is 102 Å². The van der Waals surface area contributed by atoms with Crippen molar-refractivity contribution in [3.05, 3.63) is 35.4 Å². The fourth-order valence-corrected chi connectivity index (χ4v) is 1.68. The Bertz CT molecular complexity index is 459. The smallest absolute Gasteiger partial charge is 0.326 e. The van der Waals surface area contributed by atoms with Crippen LogP contribution in [0.3, 0.4) is 0 Å². The zero-order chi connectivity index (χ0) is 15.1. The van der Waals surface area contributed by atoms with Crippen molar-refractivity contribution in [2.75, 3.05) is 13.7 Å². The van der Waals surface area contributed by atoms with E-state index in [0.717, 1.165) is 5.56 Å². The molecule has 2 unspecified atom stereocenters. The number of aryl methyl sites for hydroxylation is 1. The maximum Gasteiger partial charge on any atom is 0.326 e. The van der Waals surface area contributed by atoms with Crippen molar-refractivity contribution in [1.82, 2.24) is 5.32 Å². The molecular formula is C14H20N2O4. The highest BCUT2D eigenvalue weighted by atomic mass is 16.5. The number of amides is 1. The van der Waals surface area contributed by atoms with Gasteiger partial charge in [0.1, 0.15) is 12.1 Å². The van der Waals surface area contributed by atoms with Crippen molar-refractivity contribution in [2.24, 2.45) is 5.73 Å². The molecule has 0 radical (unpaired) electrons. The van der Waals surface area contributed by atoms with E-state index in [1.807, 2.05) is 19.1 Å². The number of carbonyl (C=O) groups is 2. The summed E-state index contributed by atoms with van der Waals surface area (Å²) in [5.74, 6) is -1.62. The molecule has 20 heavy (non-hydrogen) atoms. The molecule has 1 aromatic rings. The minimum Gasteiger partial charge on any atom is -0.480 e. The molecular weight excluding hydrogens is 260 g/mol. The Morgan fingerprint density at radius 1 is 1.35 bits per heavy atom. The lowest BCUT2D eigenvalue weighted by atomic mass is 10.0. The first-order valence-electron chi connectivity index (χ1n) is 6.30. The van der Waals surface area contributed by atoms with Crippen molar-refractivity contribution in [1.29, 1.82) is 0 Å². The summed E-state index contributed by atoms with van der Waals surface area (Å²) in [6.07, 6.45) is 0.193. The number of nitrogens with one attached hydrogen (secondary N) is 1. The molecule has 110 valence electrons. The van der Waals surface area contributed by atoms with Crippen LogP contribution < -0.4 is 11.1 Å². The molecule has 1 rings (SSSR count). The van der Waals surface area contributed by atoms with E-state index in [0.29, 0.717) is 5.56 Å². The lowest BCUT2D eigenvalue weighted by molar-refractivity contribution is -0.142. The molecule has 6 heteroatoms. The summed E-state index contributed by atoms with van der Waals surface area (Å²) < 4.78 is 4.82. The lowest BCUT2D eigenvalue weighted by Crippen LogP contribution is -2.45. The number of carbonyl (C=O) groups excluding carboxylic acids is 1. The Morgan fingerprint density at radius 2 is 1.95 bits per heavy atom. The van der Waals surface area contributed by atoms with Gasteiger partial charge in [-0.05, 0) is 12.5 Å². The number of carboxylic acids is 1. The number of hydrogen-bond donors (Lipinski definition) is 3. The van der Waals surface area contributed by atoms with Gasteiger partial charge < -0.3 is 20.9 Å². The quantitative estimate of drug-likeness (QED) is 0.679. The van der Waals surface area contributed by atoms with Gasteiger partial charge in [0.05, 0.1) is 0 Å². The summed E-state index contributed by atoms with van der Waals surface area (Å²) >= 11 is 0. The second-order valence-corrected chi connectivity index (χ2v) is 4.57. The number of aliphatic carboxylic acids is 1. The minimum absolute atomic E-state index is 0.193. The van der Waals surface area contributed by atoms with Gasteiger partial charge in [-0.2, -0.15) is 0 Å². The molecule has 0 aromatic heterocycles. The van der Waals surface area contributed by atoms with Gasteiger partial charge in [0.15, 0.2) is 0 Å². The number of carboxylic acid groups (broad SMARTS) is 1. The molecule has 6 nitrogen and oxygen atoms in total. The molecule has 0 bridgehead atoms. The summed E-state index contributed by atoms with van der Waals surface area (Å²) in [6, 6.07) is 5.32. The molecule has 2 atom stereocenters. The van der Waals surface area contributed by atoms with E-state index in [1.54, 1.807) is 12.1 Å². The minimum atomic E-state index is -1.11. The van der Waals surface area contributed by atoms with Crippen LogP contribution in [0.2, 0.25) is 0 Å². The molecule has 0 aliphatic heterocycles. The van der Waals surface area contributed by atoms with E-state index in [9.17, 15) is 9.59 Å². The van der Waals surface area contributed by atoms with Gasteiger partial charge in [-0.15, -0.1) is 0 Å². The van der Waals surface area contributed by atoms with E-state index in [1.165, 1.54) is 7.11 Å². The van der Waals surface area contributed by atoms with Crippen LogP contribution in [0.25, 0.3) is 0 Å². The molecule has 1 amide bonds. The molecule has 0 saturated carbocycles. The van der Waals surface area contributed by atoms with Gasteiger partial charge >= 0.3 is 5.97 Å². The highest BCUT2D eigenvalue weighted by molar-refractivity contribution is 5.87. The fourth-order valence-electron chi connectivity index (χ4n) is 1.68. The Balaban J connectivity index is 2.68. The predicted molar refractivity (Wildman–Crippen MR) is 74.2 cm³/mol. The molecule has 0 spiro atoms. The fraction of sp³-hybridized carbons (Fsp3) is 0.429. The van der Waals surface area contributed by atoms with E-state index < -0.39 is 24.0 Å². The molecule has 0 fully saturated rings. The van der Waals surface area contributed by atoms with Crippen LogP contribution in [0.5, 0.6) is 0 Å². The van der Waals surface area contributed by atoms with Crippen molar-refractivity contribution in [3.63, 3.8) is 0 Å². The Morgan fingerprint density at radius 3 is 2.45 bits per heavy atom. The zero-order valence-electron chi connectivity index (χ0n) is 11.6. The third-order valence-electron chi connectivity index (χ3n) is 2.94. The number of rotatable bonds is 7. The number of benzene rings is 1. The van der Waals surface area contributed by atoms with Crippen LogP contribution in [0.1, 0.15) is 23.6 Å². The molecule has 1 aromatic carbocycles. The van der Waals surface area contributed by atoms with Gasteiger partial charge in [-0.25, -0.2) is 4.79 Å². The van der Waals surface area contributed by atoms with E-state index >= 15 is 0 Å². The van der Waals surface area contributed by atoms with Gasteiger partial charge in [-0.3, -0.25) is 4.79 Å². The van der Waals surface area contributed by atoms with Crippen LogP contribution in [-0.4, -0.2) is 36.7 Å². The summed E-state index contributed by atoms with van der Waals surface area (Å²) in [6.45, 7) is 2.18. The zero-order valence-corrected chi connectivity index (χ0v) is 11.6. The number of methoxy groups -OCH3 is 1. The first kappa shape index (κ1) is 16.1. The van der Waals surface area contributed by atoms with Crippen LogP contribution in [-0.2, 0) is 14.3 Å². The average molecular weight is 280 g/mol. The maximum atomic E-state index is 12.0. The number of nitrogens with two attached hydrogens (primary N) is 1. The maximum absolute atomic E-state index is 12.0. The predicted octanol–water partition coefficient (Wildman–Crippen LogP) is 0.601. The highest BCUT2D eigenvalue weighted by Gasteiger charge is 2.23. The molecule has 0 aliphatic carbocycles. The number of hydrogen-bond acceptors (Lipinski definition) is 4. The summed E-state index contributed by atoms with van der Waals surface area (Å²) in [5, 5.41) is 11.4. The van der Waals surface area contributed by atoms with E-state index in [2.05, 4.69) is 5.32 Å². The first-order chi connectivity index (χ1) is 9.45. The second kappa shape index (κ2) is 7.62. The highest BCUT2D eigenvalue weighted by Crippen LogP contribution is 2.12. The van der Waals surface area contributed by atoms with Crippen LogP contribution >= 0.6 is 0 Å². The van der Waals surface area contributed by atoms with Crippen LogP contribution in [0.15, 0.2) is 24.3 Å². The summed E-state index contributed by atoms with van der Waals surface area (Å²) in [5.41, 5.74) is 7.53. The summed E-state index contributed by atoms with van der Waals surface area (Å²) in [7, 11) is 1.47. The molecule has 4 N–H and O–H groups in total. The van der Waals surface area contributed by atoms with Gasteiger partial charge in [-0.1, -0.05) is 29.8 Å². The Hall–Kier alpha value is -1.92. The molecule has 0 saturated heterocycles. The van der Waals surface area contributed by atoms with Gasteiger partial charge in [0, 0.05) is 20.1 Å². The van der Waals surface area contributed by atoms with Crippen molar-refractivity contribution < 1.29 is 19.4 Å². The third kappa shape index (κ3) is 4.64. The summed E-state index contributed by atoms with van der Waals surface area (Å²) in [4.78, 5) is 23.0. The third-order valence-corrected chi connectivity index (χ3v) is 2.94. The average Bonchev–Trinajstić information content (AvgIpc) is 2.42. The van der Waals surface area contributed by atoms with Crippen LogP contribution in [0.4, 0.5) is 0 Å². The van der Waals surface area contributed by atoms with Crippen molar-refractivity contribution >= 4 is 11.9 Å². The van der Waals surface area contributed by atoms with Crippen LogP contribution in [0, 0.1) is 6.92 Å². The SMILES string of the molecule is COCCC(NC(=O)C(N)c1ccc(C)cc1)C(=O)O. The Kier molecular flexibility index (Phi) is 6.14. The monoisotopic (exact) mass is 280 g/mol. The van der Waals surface area contributed by atoms with E-state index in [4.69, 9.17) is 15.6 Å². The molecule has 0 heterocycles. The van der Waals surface area contributed by atoms with Gasteiger partial charge in [0.25, 0.3) is 0 Å². The first-order valence-corrected chi connectivity index (χ1v) is 6.30. The largest absolute Gasteiger partial charge is 0.480 e. The van der Waals surface area contributed by atoms with Gasteiger partial charge in [0.2, 0.25) is 5.91 Å². The Labute approximate surface area is 117 Å². The van der Waals surface area contributed by atoms with Crippen molar-refractivity contribution in [2.45, 2.75) is 25.4 Å². The molecule has 0 aliphatic rings. The number of ether oxygens (including phenoxy) is 1. The second-order valence-electron chi connectivity index (χ2n) is 4.57. The van der Waals surface area contributed by atoms with E-state index in [-0.39, 0.29) is 13.0 Å². The lowest BCUT2D eigenvalue weighted by Gasteiger charge is -2.18. The standard InChI is InChI=1S/C14H20N2O4/c1-9-3-5-10(6-4-9)12(15)13(17)16-11(14(18)19)7-8-20-2/h3-6,11-12H,7-8,15H2,1-2H3,(H,16,17)(H,18,19). The van der Waals surface area contributed by atoms with Crippen molar-refractivity contribution in [3.8, 4) is 0 Å². The normalized spacial score (nSPS) is 13.6.